The first kappa shape index (κ1) is 7.50. The summed E-state index contributed by atoms with van der Waals surface area (Å²) < 4.78 is 0. The van der Waals surface area contributed by atoms with Crippen LogP contribution in [0.15, 0.2) is 24.3 Å². The van der Waals surface area contributed by atoms with E-state index in [2.05, 4.69) is 0 Å². The van der Waals surface area contributed by atoms with Gasteiger partial charge in [0.1, 0.15) is 0 Å². The number of carbonyl (C=O) groups excluding carboxylic acids is 1. The molecule has 0 N–H and O–H groups in total. The van der Waals surface area contributed by atoms with Crippen molar-refractivity contribution in [2.24, 2.45) is 0 Å². The Morgan fingerprint density at radius 1 is 1.40 bits per heavy atom. The largest absolute Gasteiger partial charge is 0.276 e. The quantitative estimate of drug-likeness (QED) is 0.430. The Morgan fingerprint density at radius 3 is 2.40 bits per heavy atom. The fourth-order valence-electron chi connectivity index (χ4n) is 0.793. The van der Waals surface area contributed by atoms with Crippen LogP contribution in [0.4, 0.5) is 0 Å². The first-order valence-corrected chi connectivity index (χ1v) is 4.35. The molecular weight excluding hydrogens is 164 g/mol. The molecule has 0 aromatic heterocycles. The number of hydrogen-bond acceptors (Lipinski definition) is 1. The number of hydrogen-bond donors (Lipinski definition) is 0. The monoisotopic (exact) mass is 170 g/mol. The van der Waals surface area contributed by atoms with E-state index in [0.29, 0.717) is 5.56 Å². The van der Waals surface area contributed by atoms with Gasteiger partial charge in [0, 0.05) is 15.8 Å². The minimum atomic E-state index is -0.356. The molecule has 0 atom stereocenters. The second kappa shape index (κ2) is 2.99. The van der Waals surface area contributed by atoms with Crippen LogP contribution in [0.3, 0.4) is 0 Å². The highest BCUT2D eigenvalue weighted by atomic mass is 35.5. The van der Waals surface area contributed by atoms with Gasteiger partial charge in [0.2, 0.25) is 0 Å². The normalized spacial score (nSPS) is 9.70. The van der Waals surface area contributed by atoms with E-state index in [1.54, 1.807) is 6.07 Å². The van der Waals surface area contributed by atoms with Gasteiger partial charge >= 0.3 is 0 Å². The molecule has 0 saturated carbocycles. The highest BCUT2D eigenvalue weighted by Gasteiger charge is 2.01. The Kier molecular flexibility index (Phi) is 2.24. The van der Waals surface area contributed by atoms with E-state index in [4.69, 9.17) is 11.6 Å². The maximum absolute atomic E-state index is 10.7. The molecule has 0 spiro atoms. The third kappa shape index (κ3) is 1.46. The van der Waals surface area contributed by atoms with Crippen molar-refractivity contribution in [3.8, 4) is 0 Å². The first-order valence-electron chi connectivity index (χ1n) is 2.97. The van der Waals surface area contributed by atoms with Crippen molar-refractivity contribution < 1.29 is 4.79 Å². The van der Waals surface area contributed by atoms with Gasteiger partial charge in [0.05, 0.1) is 0 Å². The number of halogens is 1. The van der Waals surface area contributed by atoms with Crippen LogP contribution in [-0.4, -0.2) is 15.5 Å². The van der Waals surface area contributed by atoms with Crippen molar-refractivity contribution in [3.05, 3.63) is 29.8 Å². The molecule has 0 fully saturated rings. The summed E-state index contributed by atoms with van der Waals surface area (Å²) in [7, 11) is 0.868. The minimum absolute atomic E-state index is 0.356. The molecular formula is C7H7ClOSi. The summed E-state index contributed by atoms with van der Waals surface area (Å²) in [5, 5.41) is 0.702. The van der Waals surface area contributed by atoms with Crippen molar-refractivity contribution in [2.45, 2.75) is 0 Å². The van der Waals surface area contributed by atoms with Gasteiger partial charge in [-0.05, 0) is 11.6 Å². The molecule has 0 heterocycles. The Balaban J connectivity index is 3.15. The number of carbonyl (C=O) groups is 1. The topological polar surface area (TPSA) is 17.1 Å². The van der Waals surface area contributed by atoms with Gasteiger partial charge in [0.15, 0.2) is 0 Å². The fraction of sp³-hybridized carbons (Fsp3) is 0. The second-order valence-corrected chi connectivity index (χ2v) is 3.51. The summed E-state index contributed by atoms with van der Waals surface area (Å²) in [4.78, 5) is 10.7. The lowest BCUT2D eigenvalue weighted by Gasteiger charge is -1.96. The van der Waals surface area contributed by atoms with Gasteiger partial charge in [0.25, 0.3) is 5.24 Å². The molecule has 0 aliphatic carbocycles. The molecule has 52 valence electrons. The molecule has 3 heteroatoms. The van der Waals surface area contributed by atoms with Gasteiger partial charge in [-0.3, -0.25) is 4.79 Å². The Morgan fingerprint density at radius 2 is 2.00 bits per heavy atom. The molecule has 0 amide bonds. The molecule has 0 saturated heterocycles. The Bertz CT molecular complexity index is 260. The van der Waals surface area contributed by atoms with Crippen LogP contribution in [0.1, 0.15) is 10.4 Å². The van der Waals surface area contributed by atoms with Crippen molar-refractivity contribution in [3.63, 3.8) is 0 Å². The summed E-state index contributed by atoms with van der Waals surface area (Å²) in [6, 6.07) is 7.39. The molecule has 0 bridgehead atoms. The minimum Gasteiger partial charge on any atom is -0.276 e. The van der Waals surface area contributed by atoms with Crippen LogP contribution >= 0.6 is 11.6 Å². The average Bonchev–Trinajstić information content (AvgIpc) is 1.88. The second-order valence-electron chi connectivity index (χ2n) is 2.09. The lowest BCUT2D eigenvalue weighted by molar-refractivity contribution is 0.108. The zero-order valence-electron chi connectivity index (χ0n) is 5.60. The summed E-state index contributed by atoms with van der Waals surface area (Å²) in [5.74, 6) is 0. The molecule has 1 aromatic rings. The van der Waals surface area contributed by atoms with E-state index in [1.165, 1.54) is 0 Å². The lowest BCUT2D eigenvalue weighted by atomic mass is 10.2. The van der Waals surface area contributed by atoms with E-state index >= 15 is 0 Å². The Labute approximate surface area is 67.4 Å². The zero-order chi connectivity index (χ0) is 7.56. The van der Waals surface area contributed by atoms with Crippen molar-refractivity contribution in [1.29, 1.82) is 0 Å². The first-order chi connectivity index (χ1) is 4.72. The van der Waals surface area contributed by atoms with Crippen LogP contribution in [0.2, 0.25) is 0 Å². The van der Waals surface area contributed by atoms with Gasteiger partial charge in [-0.25, -0.2) is 0 Å². The SMILES string of the molecule is O=C(Cl)c1ccccc1[SiH3]. The van der Waals surface area contributed by atoms with Crippen molar-refractivity contribution in [1.82, 2.24) is 0 Å². The molecule has 1 aromatic carbocycles. The predicted molar refractivity (Wildman–Crippen MR) is 46.2 cm³/mol. The predicted octanol–water partition coefficient (Wildman–Crippen LogP) is 0.0563. The molecule has 1 rings (SSSR count). The smallest absolute Gasteiger partial charge is 0.252 e. The van der Waals surface area contributed by atoms with E-state index < -0.39 is 0 Å². The standard InChI is InChI=1S/C7H7ClOSi/c8-7(9)5-3-1-2-4-6(5)10/h1-4H,10H3. The Hall–Kier alpha value is -0.603. The summed E-state index contributed by atoms with van der Waals surface area (Å²) in [5.41, 5.74) is 0.649. The van der Waals surface area contributed by atoms with Crippen LogP contribution in [0.25, 0.3) is 0 Å². The zero-order valence-corrected chi connectivity index (χ0v) is 8.35. The van der Waals surface area contributed by atoms with E-state index in [9.17, 15) is 4.79 Å². The average molecular weight is 171 g/mol. The molecule has 0 unspecified atom stereocenters. The van der Waals surface area contributed by atoms with Gasteiger partial charge < -0.3 is 0 Å². The molecule has 0 radical (unpaired) electrons. The maximum Gasteiger partial charge on any atom is 0.252 e. The molecule has 0 aliphatic rings. The summed E-state index contributed by atoms with van der Waals surface area (Å²) in [6.07, 6.45) is 0. The van der Waals surface area contributed by atoms with Crippen LogP contribution in [0, 0.1) is 0 Å². The third-order valence-electron chi connectivity index (χ3n) is 1.36. The molecule has 1 nitrogen and oxygen atoms in total. The van der Waals surface area contributed by atoms with Crippen LogP contribution in [0.5, 0.6) is 0 Å². The highest BCUT2D eigenvalue weighted by molar-refractivity contribution is 6.69. The van der Waals surface area contributed by atoms with Crippen molar-refractivity contribution in [2.75, 3.05) is 0 Å². The lowest BCUT2D eigenvalue weighted by Crippen LogP contribution is -2.11. The van der Waals surface area contributed by atoms with E-state index in [1.807, 2.05) is 18.2 Å². The molecule has 10 heavy (non-hydrogen) atoms. The highest BCUT2D eigenvalue weighted by Crippen LogP contribution is 1.98. The summed E-state index contributed by atoms with van der Waals surface area (Å²) >= 11 is 5.29. The maximum atomic E-state index is 10.7. The van der Waals surface area contributed by atoms with E-state index in [-0.39, 0.29) is 5.24 Å². The van der Waals surface area contributed by atoms with Gasteiger partial charge in [-0.2, -0.15) is 0 Å². The van der Waals surface area contributed by atoms with Gasteiger partial charge in [-0.1, -0.05) is 29.5 Å². The summed E-state index contributed by atoms with van der Waals surface area (Å²) in [6.45, 7) is 0. The van der Waals surface area contributed by atoms with Crippen LogP contribution in [-0.2, 0) is 0 Å². The fourth-order valence-corrected chi connectivity index (χ4v) is 1.75. The number of benzene rings is 1. The van der Waals surface area contributed by atoms with Gasteiger partial charge in [-0.15, -0.1) is 0 Å². The number of rotatable bonds is 1. The third-order valence-corrected chi connectivity index (χ3v) is 2.43. The van der Waals surface area contributed by atoms with Crippen molar-refractivity contribution >= 4 is 32.3 Å². The van der Waals surface area contributed by atoms with E-state index in [0.717, 1.165) is 15.4 Å². The molecule has 0 aliphatic heterocycles. The van der Waals surface area contributed by atoms with Crippen LogP contribution < -0.4 is 5.19 Å².